The molecule has 0 bridgehead atoms. The number of carbonyl (C=O) groups is 5. The van der Waals surface area contributed by atoms with Crippen LogP contribution in [-0.2, 0) is 33.4 Å². The molecule has 0 aromatic carbocycles. The Kier molecular flexibility index (Phi) is 11.2. The summed E-state index contributed by atoms with van der Waals surface area (Å²) < 4.78 is 10.6. The zero-order chi connectivity index (χ0) is 27.6. The Morgan fingerprint density at radius 2 is 0.919 bits per heavy atom. The first-order valence-corrected chi connectivity index (χ1v) is 12.1. The Morgan fingerprint density at radius 1 is 0.595 bits per heavy atom. The van der Waals surface area contributed by atoms with E-state index in [1.165, 1.54) is 14.7 Å². The summed E-state index contributed by atoms with van der Waals surface area (Å²) in [4.78, 5) is 63.9. The van der Waals surface area contributed by atoms with Crippen molar-refractivity contribution in [1.82, 2.24) is 14.7 Å². The molecule has 0 atom stereocenters. The summed E-state index contributed by atoms with van der Waals surface area (Å²) in [6.45, 7) is -0.400. The molecule has 37 heavy (non-hydrogen) atoms. The van der Waals surface area contributed by atoms with Gasteiger partial charge >= 0.3 is 17.9 Å². The fraction of sp³-hybridized carbons (Fsp3) is 0.773. The van der Waals surface area contributed by atoms with Gasteiger partial charge in [0.1, 0.15) is 11.1 Å². The first-order chi connectivity index (χ1) is 17.4. The monoisotopic (exact) mass is 531 g/mol. The lowest BCUT2D eigenvalue weighted by molar-refractivity contribution is -0.148. The van der Waals surface area contributed by atoms with Crippen LogP contribution in [0.1, 0.15) is 25.7 Å². The van der Waals surface area contributed by atoms with Gasteiger partial charge in [0.05, 0.1) is 19.6 Å². The van der Waals surface area contributed by atoms with Crippen molar-refractivity contribution in [2.45, 2.75) is 36.8 Å². The molecule has 15 heteroatoms. The molecule has 0 aliphatic carbocycles. The van der Waals surface area contributed by atoms with E-state index in [0.717, 1.165) is 0 Å². The maximum atomic E-state index is 12.4. The van der Waals surface area contributed by atoms with Crippen LogP contribution >= 0.6 is 0 Å². The van der Waals surface area contributed by atoms with Crippen LogP contribution in [0, 0.1) is 0 Å². The van der Waals surface area contributed by atoms with Crippen LogP contribution in [-0.4, -0.2) is 143 Å². The number of nitrogens with zero attached hydrogens (tertiary/aromatic N) is 3. The van der Waals surface area contributed by atoms with E-state index in [4.69, 9.17) is 20.9 Å². The van der Waals surface area contributed by atoms with Crippen LogP contribution in [0.3, 0.4) is 0 Å². The topological polar surface area (TPSA) is 226 Å². The first kappa shape index (κ1) is 30.4. The van der Waals surface area contributed by atoms with Gasteiger partial charge in [-0.1, -0.05) is 0 Å². The molecule has 2 saturated heterocycles. The predicted molar refractivity (Wildman–Crippen MR) is 126 cm³/mol. The molecule has 0 unspecified atom stereocenters. The van der Waals surface area contributed by atoms with Gasteiger partial charge in [-0.15, -0.1) is 0 Å². The van der Waals surface area contributed by atoms with Crippen molar-refractivity contribution in [3.63, 3.8) is 0 Å². The Morgan fingerprint density at radius 3 is 1.19 bits per heavy atom. The summed E-state index contributed by atoms with van der Waals surface area (Å²) in [6.07, 6.45) is 0.794. The van der Waals surface area contributed by atoms with E-state index in [9.17, 15) is 39.3 Å². The van der Waals surface area contributed by atoms with Crippen molar-refractivity contribution in [3.05, 3.63) is 0 Å². The minimum absolute atomic E-state index is 0.0102. The molecule has 2 amide bonds. The summed E-state index contributed by atoms with van der Waals surface area (Å²) >= 11 is 0. The van der Waals surface area contributed by atoms with Gasteiger partial charge in [-0.05, 0) is 25.7 Å². The van der Waals surface area contributed by atoms with Crippen molar-refractivity contribution in [1.29, 1.82) is 0 Å². The Hall–Kier alpha value is -2.85. The lowest BCUT2D eigenvalue weighted by Gasteiger charge is -2.44. The number of amides is 2. The van der Waals surface area contributed by atoms with Gasteiger partial charge in [-0.25, -0.2) is 0 Å². The molecule has 0 aromatic heterocycles. The first-order valence-electron chi connectivity index (χ1n) is 12.1. The number of ether oxygens (including phenoxy) is 2. The maximum absolute atomic E-state index is 12.4. The van der Waals surface area contributed by atoms with Crippen LogP contribution in [0.5, 0.6) is 0 Å². The largest absolute Gasteiger partial charge is 0.480 e. The van der Waals surface area contributed by atoms with Gasteiger partial charge in [0, 0.05) is 52.6 Å². The average molecular weight is 532 g/mol. The van der Waals surface area contributed by atoms with Gasteiger partial charge in [0.25, 0.3) is 0 Å². The summed E-state index contributed by atoms with van der Waals surface area (Å²) in [7, 11) is 0. The fourth-order valence-electron chi connectivity index (χ4n) is 5.06. The molecule has 7 N–H and O–H groups in total. The normalized spacial score (nSPS) is 19.1. The number of carbonyl (C=O) groups excluding carboxylic acids is 2. The van der Waals surface area contributed by atoms with Crippen molar-refractivity contribution < 1.29 is 48.8 Å². The molecule has 2 fully saturated rings. The maximum Gasteiger partial charge on any atom is 0.317 e. The number of aliphatic carboxylic acids is 3. The van der Waals surface area contributed by atoms with Crippen molar-refractivity contribution in [2.75, 3.05) is 72.2 Å². The summed E-state index contributed by atoms with van der Waals surface area (Å²) in [5.41, 5.74) is 8.86. The number of carboxylic acid groups (broad SMARTS) is 3. The van der Waals surface area contributed by atoms with Crippen LogP contribution in [0.2, 0.25) is 0 Å². The lowest BCUT2D eigenvalue weighted by Crippen LogP contribution is -2.63. The highest BCUT2D eigenvalue weighted by molar-refractivity contribution is 5.86. The summed E-state index contributed by atoms with van der Waals surface area (Å²) in [5.74, 6) is -4.87. The molecule has 2 heterocycles. The third-order valence-electron chi connectivity index (χ3n) is 7.15. The van der Waals surface area contributed by atoms with E-state index in [1.807, 2.05) is 0 Å². The van der Waals surface area contributed by atoms with Gasteiger partial charge in [0.2, 0.25) is 11.8 Å². The lowest BCUT2D eigenvalue weighted by atomic mass is 9.86. The highest BCUT2D eigenvalue weighted by Crippen LogP contribution is 2.29. The van der Waals surface area contributed by atoms with Crippen molar-refractivity contribution >= 4 is 29.7 Å². The minimum Gasteiger partial charge on any atom is -0.480 e. The Labute approximate surface area is 214 Å². The number of hydrogen-bond acceptors (Lipinski definition) is 10. The Balaban J connectivity index is 2.21. The molecular weight excluding hydrogens is 494 g/mol. The molecule has 15 nitrogen and oxygen atoms in total. The van der Waals surface area contributed by atoms with E-state index < -0.39 is 60.4 Å². The van der Waals surface area contributed by atoms with E-state index in [-0.39, 0.29) is 78.3 Å². The van der Waals surface area contributed by atoms with E-state index in [0.29, 0.717) is 0 Å². The molecule has 0 aromatic rings. The minimum atomic E-state index is -1.25. The number of carboxylic acids is 3. The Bertz CT molecular complexity index is 782. The van der Waals surface area contributed by atoms with Crippen LogP contribution < -0.4 is 11.5 Å². The smallest absolute Gasteiger partial charge is 0.317 e. The third kappa shape index (κ3) is 8.07. The second-order valence-electron chi connectivity index (χ2n) is 9.32. The molecule has 0 saturated carbocycles. The third-order valence-corrected chi connectivity index (χ3v) is 7.15. The fourth-order valence-corrected chi connectivity index (χ4v) is 5.06. The molecule has 210 valence electrons. The standard InChI is InChI=1S/C22H37N5O10/c23-19(34)21(1-9-36-10-2-21)26(14-17(30)31)7-5-25(13-16(28)29)6-8-27(15-18(32)33)22(20(24)35)3-11-37-12-4-22/h1-15H2,(H2,23,34)(H2,24,35)(H,28,29)(H,30,31)(H,32,33). The van der Waals surface area contributed by atoms with Crippen LogP contribution in [0.15, 0.2) is 0 Å². The molecular formula is C22H37N5O10. The summed E-state index contributed by atoms with van der Waals surface area (Å²) in [6, 6.07) is 0. The molecule has 2 rings (SSSR count). The van der Waals surface area contributed by atoms with E-state index in [1.54, 1.807) is 0 Å². The molecule has 0 radical (unpaired) electrons. The predicted octanol–water partition coefficient (Wildman–Crippen LogP) is -2.78. The van der Waals surface area contributed by atoms with Gasteiger partial charge in [-0.3, -0.25) is 38.7 Å². The van der Waals surface area contributed by atoms with Gasteiger partial charge in [-0.2, -0.15) is 0 Å². The molecule has 2 aliphatic heterocycles. The van der Waals surface area contributed by atoms with Gasteiger partial charge < -0.3 is 36.3 Å². The van der Waals surface area contributed by atoms with Crippen molar-refractivity contribution in [3.8, 4) is 0 Å². The van der Waals surface area contributed by atoms with E-state index in [2.05, 4.69) is 0 Å². The zero-order valence-electron chi connectivity index (χ0n) is 20.8. The second-order valence-corrected chi connectivity index (χ2v) is 9.32. The number of rotatable bonds is 16. The van der Waals surface area contributed by atoms with E-state index >= 15 is 0 Å². The number of hydrogen-bond donors (Lipinski definition) is 5. The SMILES string of the molecule is NC(=O)C1(N(CCN(CCN(CC(=O)O)C2(C(N)=O)CCOCC2)CC(=O)O)CC(=O)O)CCOCC1. The number of primary amides is 2. The number of nitrogens with two attached hydrogens (primary N) is 2. The van der Waals surface area contributed by atoms with Gasteiger partial charge in [0.15, 0.2) is 0 Å². The average Bonchev–Trinajstić information content (AvgIpc) is 2.83. The van der Waals surface area contributed by atoms with Crippen molar-refractivity contribution in [2.24, 2.45) is 11.5 Å². The highest BCUT2D eigenvalue weighted by Gasteiger charge is 2.46. The zero-order valence-corrected chi connectivity index (χ0v) is 20.8. The quantitative estimate of drug-likeness (QED) is 0.136. The summed E-state index contributed by atoms with van der Waals surface area (Å²) in [5, 5.41) is 28.4. The van der Waals surface area contributed by atoms with Crippen LogP contribution in [0.4, 0.5) is 0 Å². The van der Waals surface area contributed by atoms with Crippen LogP contribution in [0.25, 0.3) is 0 Å². The molecule has 0 spiro atoms. The molecule has 2 aliphatic rings. The highest BCUT2D eigenvalue weighted by atomic mass is 16.5. The second kappa shape index (κ2) is 13.6.